The van der Waals surface area contributed by atoms with Gasteiger partial charge in [0.2, 0.25) is 5.91 Å². The van der Waals surface area contributed by atoms with Gasteiger partial charge in [-0.2, -0.15) is 18.2 Å². The summed E-state index contributed by atoms with van der Waals surface area (Å²) in [6, 6.07) is 5.90. The third-order valence-electron chi connectivity index (χ3n) is 6.52. The first-order valence-corrected chi connectivity index (χ1v) is 11.2. The van der Waals surface area contributed by atoms with Crippen LogP contribution in [-0.2, 0) is 15.8 Å². The Morgan fingerprint density at radius 1 is 1.06 bits per heavy atom. The average molecular weight is 441 g/mol. The monoisotopic (exact) mass is 440 g/mol. The van der Waals surface area contributed by atoms with Crippen molar-refractivity contribution in [2.24, 2.45) is 0 Å². The molecule has 3 heterocycles. The summed E-state index contributed by atoms with van der Waals surface area (Å²) in [5, 5.41) is 1.88. The van der Waals surface area contributed by atoms with E-state index in [-0.39, 0.29) is 5.91 Å². The molecule has 3 saturated heterocycles. The molecule has 1 aromatic carbocycles. The van der Waals surface area contributed by atoms with Crippen LogP contribution in [0, 0.1) is 0 Å². The highest BCUT2D eigenvalue weighted by Gasteiger charge is 2.32. The maximum absolute atomic E-state index is 13.0. The molecular weight excluding hydrogens is 409 g/mol. The lowest BCUT2D eigenvalue weighted by molar-refractivity contribution is -0.140. The molecule has 4 rings (SSSR count). The lowest BCUT2D eigenvalue weighted by Crippen LogP contribution is -2.56. The van der Waals surface area contributed by atoms with Gasteiger partial charge >= 0.3 is 6.18 Å². The second-order valence-electron chi connectivity index (χ2n) is 8.57. The molecule has 3 aliphatic heterocycles. The van der Waals surface area contributed by atoms with Crippen LogP contribution in [0.15, 0.2) is 24.3 Å². The van der Waals surface area contributed by atoms with Crippen molar-refractivity contribution in [3.05, 3.63) is 29.8 Å². The third-order valence-corrected chi connectivity index (χ3v) is 6.52. The molecule has 172 valence electrons. The largest absolute Gasteiger partial charge is 0.416 e. The number of benzene rings is 1. The summed E-state index contributed by atoms with van der Waals surface area (Å²) in [6.45, 7) is 6.81. The number of piperazine rings is 1. The topological polar surface area (TPSA) is 39.3 Å². The van der Waals surface area contributed by atoms with Crippen LogP contribution in [0.25, 0.3) is 0 Å². The summed E-state index contributed by atoms with van der Waals surface area (Å²) in [5.41, 5.74) is 0.0206. The van der Waals surface area contributed by atoms with Crippen molar-refractivity contribution >= 4 is 11.6 Å². The summed E-state index contributed by atoms with van der Waals surface area (Å²) < 4.78 is 39.0. The quantitative estimate of drug-likeness (QED) is 0.704. The zero-order valence-corrected chi connectivity index (χ0v) is 17.8. The van der Waals surface area contributed by atoms with Gasteiger partial charge in [0.1, 0.15) is 0 Å². The van der Waals surface area contributed by atoms with Crippen molar-refractivity contribution in [1.29, 1.82) is 0 Å². The van der Waals surface area contributed by atoms with E-state index in [1.54, 1.807) is 6.07 Å². The van der Waals surface area contributed by atoms with E-state index < -0.39 is 11.7 Å². The van der Waals surface area contributed by atoms with Gasteiger partial charge < -0.3 is 9.80 Å². The van der Waals surface area contributed by atoms with Gasteiger partial charge in [-0.25, -0.2) is 0 Å². The second kappa shape index (κ2) is 9.75. The Balaban J connectivity index is 1.27. The zero-order valence-electron chi connectivity index (χ0n) is 17.8. The van der Waals surface area contributed by atoms with Crippen molar-refractivity contribution < 1.29 is 22.8 Å². The van der Waals surface area contributed by atoms with E-state index in [1.807, 2.05) is 14.9 Å². The lowest BCUT2D eigenvalue weighted by Gasteiger charge is -2.44. The van der Waals surface area contributed by atoms with E-state index in [9.17, 15) is 18.0 Å². The van der Waals surface area contributed by atoms with E-state index in [1.165, 1.54) is 12.1 Å². The summed E-state index contributed by atoms with van der Waals surface area (Å²) in [5.74, 6) is 0.183. The predicted octanol–water partition coefficient (Wildman–Crippen LogP) is 2.85. The molecule has 3 fully saturated rings. The molecule has 0 N–H and O–H groups in total. The normalized spacial score (nSPS) is 24.0. The molecule has 0 saturated carbocycles. The van der Waals surface area contributed by atoms with E-state index in [0.29, 0.717) is 37.8 Å². The number of carbonyl (C=O) groups is 1. The molecule has 0 aliphatic carbocycles. The number of halogens is 3. The van der Waals surface area contributed by atoms with Crippen LogP contribution < -0.4 is 4.90 Å². The van der Waals surface area contributed by atoms with Gasteiger partial charge in [-0.05, 0) is 37.5 Å². The van der Waals surface area contributed by atoms with Gasteiger partial charge in [-0.15, -0.1) is 0 Å². The van der Waals surface area contributed by atoms with Gasteiger partial charge in [0.25, 0.3) is 0 Å². The molecule has 1 aromatic rings. The Bertz CT molecular complexity index is 747. The fourth-order valence-electron chi connectivity index (χ4n) is 4.76. The van der Waals surface area contributed by atoms with Gasteiger partial charge in [-0.3, -0.25) is 14.5 Å². The fraction of sp³-hybridized carbons (Fsp3) is 0.682. The fourth-order valence-corrected chi connectivity index (χ4v) is 4.76. The van der Waals surface area contributed by atoms with E-state index >= 15 is 0 Å². The number of anilines is 1. The molecule has 1 amide bonds. The summed E-state index contributed by atoms with van der Waals surface area (Å²) >= 11 is 0. The molecule has 9 heteroatoms. The number of carbonyl (C=O) groups excluding carboxylic acids is 1. The summed E-state index contributed by atoms with van der Waals surface area (Å²) in [7, 11) is 0. The van der Waals surface area contributed by atoms with Crippen LogP contribution in [0.1, 0.15) is 31.2 Å². The van der Waals surface area contributed by atoms with E-state index in [4.69, 9.17) is 4.84 Å². The highest BCUT2D eigenvalue weighted by molar-refractivity contribution is 5.76. The Labute approximate surface area is 181 Å². The molecular formula is C22H31F3N4O2. The van der Waals surface area contributed by atoms with Crippen LogP contribution in [-0.4, -0.2) is 85.8 Å². The van der Waals surface area contributed by atoms with Crippen molar-refractivity contribution in [1.82, 2.24) is 14.9 Å². The average Bonchev–Trinajstić information content (AvgIpc) is 3.31. The Morgan fingerprint density at radius 3 is 2.58 bits per heavy atom. The van der Waals surface area contributed by atoms with E-state index in [2.05, 4.69) is 4.90 Å². The van der Waals surface area contributed by atoms with Crippen LogP contribution in [0.3, 0.4) is 0 Å². The third kappa shape index (κ3) is 5.70. The van der Waals surface area contributed by atoms with Gasteiger partial charge in [0, 0.05) is 70.5 Å². The highest BCUT2D eigenvalue weighted by atomic mass is 19.4. The number of rotatable bonds is 5. The summed E-state index contributed by atoms with van der Waals surface area (Å²) in [6.07, 6.45) is -0.771. The van der Waals surface area contributed by atoms with Gasteiger partial charge in [0.05, 0.1) is 12.2 Å². The van der Waals surface area contributed by atoms with Crippen LogP contribution in [0.5, 0.6) is 0 Å². The van der Waals surface area contributed by atoms with E-state index in [0.717, 1.165) is 64.7 Å². The Kier molecular flexibility index (Phi) is 7.03. The van der Waals surface area contributed by atoms with Crippen molar-refractivity contribution in [3.8, 4) is 0 Å². The SMILES string of the molecule is O=C(CCN1CCCO1)N1CCC[C@H](N2CCN(c3cccc(C(F)(F)F)c3)CC2)C1. The maximum Gasteiger partial charge on any atom is 0.416 e. The van der Waals surface area contributed by atoms with Gasteiger partial charge in [-0.1, -0.05) is 6.07 Å². The summed E-state index contributed by atoms with van der Waals surface area (Å²) in [4.78, 5) is 24.5. The zero-order chi connectivity index (χ0) is 21.8. The standard InChI is InChI=1S/C22H31F3N4O2/c23-22(24,25)18-4-1-5-19(16-18)26-11-13-27(14-12-26)20-6-2-8-28(17-20)21(30)7-10-29-9-3-15-31-29/h1,4-5,16,20H,2-3,6-15,17H2/t20-/m0/s1. The first-order valence-electron chi connectivity index (χ1n) is 11.2. The molecule has 0 bridgehead atoms. The molecule has 31 heavy (non-hydrogen) atoms. The minimum absolute atomic E-state index is 0.183. The second-order valence-corrected chi connectivity index (χ2v) is 8.57. The number of nitrogens with zero attached hydrogens (tertiary/aromatic N) is 4. The molecule has 3 aliphatic rings. The minimum atomic E-state index is -4.32. The minimum Gasteiger partial charge on any atom is -0.369 e. The maximum atomic E-state index is 13.0. The number of hydrogen-bond donors (Lipinski definition) is 0. The Morgan fingerprint density at radius 2 is 1.87 bits per heavy atom. The smallest absolute Gasteiger partial charge is 0.369 e. The number of likely N-dealkylation sites (tertiary alicyclic amines) is 1. The first-order chi connectivity index (χ1) is 14.9. The first kappa shape index (κ1) is 22.4. The molecule has 0 aromatic heterocycles. The number of hydrogen-bond acceptors (Lipinski definition) is 5. The Hall–Kier alpha value is -1.84. The number of piperidine rings is 1. The van der Waals surface area contributed by atoms with Crippen LogP contribution in [0.2, 0.25) is 0 Å². The molecule has 1 atom stereocenters. The van der Waals surface area contributed by atoms with Crippen molar-refractivity contribution in [2.75, 3.05) is 63.9 Å². The van der Waals surface area contributed by atoms with Gasteiger partial charge in [0.15, 0.2) is 0 Å². The number of alkyl halides is 3. The predicted molar refractivity (Wildman–Crippen MR) is 112 cm³/mol. The number of amides is 1. The molecule has 0 unspecified atom stereocenters. The van der Waals surface area contributed by atoms with Crippen LogP contribution >= 0.6 is 0 Å². The van der Waals surface area contributed by atoms with Crippen molar-refractivity contribution in [3.63, 3.8) is 0 Å². The van der Waals surface area contributed by atoms with Crippen LogP contribution in [0.4, 0.5) is 18.9 Å². The highest BCUT2D eigenvalue weighted by Crippen LogP contribution is 2.32. The number of hydroxylamine groups is 2. The molecule has 6 nitrogen and oxygen atoms in total. The molecule has 0 spiro atoms. The lowest BCUT2D eigenvalue weighted by atomic mass is 10.0. The molecule has 0 radical (unpaired) electrons. The van der Waals surface area contributed by atoms with Crippen molar-refractivity contribution in [2.45, 2.75) is 37.9 Å².